The van der Waals surface area contributed by atoms with Gasteiger partial charge in [-0.1, -0.05) is 20.0 Å². The Morgan fingerprint density at radius 3 is 2.58 bits per heavy atom. The number of rotatable bonds is 0. The van der Waals surface area contributed by atoms with Gasteiger partial charge in [-0.05, 0) is 6.92 Å². The predicted molar refractivity (Wildman–Crippen MR) is 42.6 cm³/mol. The van der Waals surface area contributed by atoms with E-state index in [0.29, 0.717) is 0 Å². The molecule has 2 heterocycles. The van der Waals surface area contributed by atoms with Crippen LogP contribution in [0.1, 0.15) is 17.0 Å². The van der Waals surface area contributed by atoms with Crippen LogP contribution in [0.2, 0.25) is 0 Å². The van der Waals surface area contributed by atoms with E-state index >= 15 is 0 Å². The van der Waals surface area contributed by atoms with Crippen molar-refractivity contribution < 1.29 is 32.7 Å². The van der Waals surface area contributed by atoms with Crippen LogP contribution in [0.3, 0.4) is 0 Å². The maximum atomic E-state index is 4.31. The molecule has 0 fully saturated rings. The molecule has 0 spiro atoms. The Morgan fingerprint density at radius 2 is 2.00 bits per heavy atom. The van der Waals surface area contributed by atoms with E-state index in [2.05, 4.69) is 23.2 Å². The fraction of sp³-hybridized carbons (Fsp3) is 0.375. The second-order valence-electron chi connectivity index (χ2n) is 2.83. The molecule has 0 aliphatic rings. The maximum absolute atomic E-state index is 4.31. The fourth-order valence-electron chi connectivity index (χ4n) is 1.20. The van der Waals surface area contributed by atoms with Gasteiger partial charge in [-0.3, -0.25) is 4.98 Å². The number of nitrogens with one attached hydrogen (secondary N) is 1. The number of aryl methyl sites for hydroxylation is 3. The van der Waals surface area contributed by atoms with Crippen molar-refractivity contribution in [3.05, 3.63) is 23.1 Å². The van der Waals surface area contributed by atoms with E-state index in [1.54, 1.807) is 0 Å². The minimum atomic E-state index is 0. The quantitative estimate of drug-likeness (QED) is 0.690. The third kappa shape index (κ3) is 1.36. The summed E-state index contributed by atoms with van der Waals surface area (Å²) in [6.07, 6.45) is 3.15. The molecule has 2 rings (SSSR count). The summed E-state index contributed by atoms with van der Waals surface area (Å²) < 4.78 is 1.83. The fourth-order valence-corrected chi connectivity index (χ4v) is 1.20. The summed E-state index contributed by atoms with van der Waals surface area (Å²) in [6.45, 7) is 6.03. The molecule has 0 bridgehead atoms. The standard InChI is InChI=1S/C8H10N3.Y/c1-5-4-11-8(6(5)2)9-7(3)10-11;/h1-3H3,(H,9,10);/q-1;+3. The molecule has 0 radical (unpaired) electrons. The predicted octanol–water partition coefficient (Wildman–Crippen LogP) is 1.39. The van der Waals surface area contributed by atoms with Gasteiger partial charge >= 0.3 is 32.7 Å². The van der Waals surface area contributed by atoms with Crippen LogP contribution in [0, 0.1) is 27.0 Å². The van der Waals surface area contributed by atoms with Crippen molar-refractivity contribution >= 4 is 5.65 Å². The van der Waals surface area contributed by atoms with E-state index in [1.807, 2.05) is 18.4 Å². The minimum absolute atomic E-state index is 0. The third-order valence-electron chi connectivity index (χ3n) is 1.94. The number of nitrogens with zero attached hydrogens (tertiary/aromatic N) is 2. The summed E-state index contributed by atoms with van der Waals surface area (Å²) in [5.74, 6) is 0.930. The van der Waals surface area contributed by atoms with E-state index < -0.39 is 0 Å². The number of aromatic amines is 1. The van der Waals surface area contributed by atoms with Crippen molar-refractivity contribution in [1.29, 1.82) is 0 Å². The second-order valence-corrected chi connectivity index (χ2v) is 2.83. The molecule has 3 nitrogen and oxygen atoms in total. The van der Waals surface area contributed by atoms with E-state index in [1.165, 1.54) is 5.56 Å². The summed E-state index contributed by atoms with van der Waals surface area (Å²) in [7, 11) is 0. The first-order chi connectivity index (χ1) is 5.18. The first kappa shape index (κ1) is 9.94. The average molecular weight is 237 g/mol. The Labute approximate surface area is 96.4 Å². The van der Waals surface area contributed by atoms with Crippen LogP contribution >= 0.6 is 0 Å². The monoisotopic (exact) mass is 237 g/mol. The van der Waals surface area contributed by atoms with Crippen molar-refractivity contribution in [2.24, 2.45) is 0 Å². The van der Waals surface area contributed by atoms with E-state index in [9.17, 15) is 0 Å². The average Bonchev–Trinajstić information content (AvgIpc) is 2.37. The molecular formula is C8H10N3Y+2. The molecule has 0 aliphatic heterocycles. The van der Waals surface area contributed by atoms with Gasteiger partial charge in [-0.25, -0.2) is 0 Å². The van der Waals surface area contributed by atoms with Crippen molar-refractivity contribution in [3.8, 4) is 0 Å². The van der Waals surface area contributed by atoms with Gasteiger partial charge in [-0.15, -0.1) is 0 Å². The molecule has 2 aromatic heterocycles. The summed E-state index contributed by atoms with van der Waals surface area (Å²) >= 11 is 0. The summed E-state index contributed by atoms with van der Waals surface area (Å²) in [4.78, 5) is 4.31. The first-order valence-corrected chi connectivity index (χ1v) is 3.62. The van der Waals surface area contributed by atoms with Crippen molar-refractivity contribution in [1.82, 2.24) is 14.6 Å². The molecule has 0 aliphatic carbocycles. The minimum Gasteiger partial charge on any atom is -0.363 e. The van der Waals surface area contributed by atoms with Crippen LogP contribution in [-0.4, -0.2) is 14.6 Å². The molecule has 12 heavy (non-hydrogen) atoms. The Balaban J connectivity index is 0.000000720. The van der Waals surface area contributed by atoms with Gasteiger partial charge in [-0.2, -0.15) is 11.1 Å². The van der Waals surface area contributed by atoms with Gasteiger partial charge in [0.1, 0.15) is 5.82 Å². The molecular weight excluding hydrogens is 227 g/mol. The number of hydrogen-bond donors (Lipinski definition) is 1. The molecule has 4 heteroatoms. The molecule has 0 saturated heterocycles. The molecule has 0 unspecified atom stereocenters. The Bertz CT molecular complexity index is 400. The van der Waals surface area contributed by atoms with Crippen molar-refractivity contribution in [3.63, 3.8) is 0 Å². The largest absolute Gasteiger partial charge is 3.00 e. The van der Waals surface area contributed by atoms with Gasteiger partial charge in [0.2, 0.25) is 0 Å². The zero-order chi connectivity index (χ0) is 8.01. The smallest absolute Gasteiger partial charge is 0.363 e. The van der Waals surface area contributed by atoms with E-state index in [0.717, 1.165) is 17.0 Å². The topological polar surface area (TPSA) is 33.1 Å². The molecule has 0 amide bonds. The maximum Gasteiger partial charge on any atom is 3.00 e. The summed E-state index contributed by atoms with van der Waals surface area (Å²) in [5.41, 5.74) is 3.35. The second kappa shape index (κ2) is 3.31. The van der Waals surface area contributed by atoms with Crippen molar-refractivity contribution in [2.75, 3.05) is 0 Å². The van der Waals surface area contributed by atoms with Crippen LogP contribution in [0.4, 0.5) is 0 Å². The molecule has 1 N–H and O–H groups in total. The summed E-state index contributed by atoms with van der Waals surface area (Å²) in [5, 5.41) is 3.07. The van der Waals surface area contributed by atoms with Crippen LogP contribution < -0.4 is 0 Å². The summed E-state index contributed by atoms with van der Waals surface area (Å²) in [6, 6.07) is 0. The first-order valence-electron chi connectivity index (χ1n) is 3.62. The van der Waals surface area contributed by atoms with Crippen LogP contribution in [0.25, 0.3) is 5.65 Å². The number of hydrogen-bond acceptors (Lipinski definition) is 1. The van der Waals surface area contributed by atoms with E-state index in [4.69, 9.17) is 0 Å². The van der Waals surface area contributed by atoms with Crippen molar-refractivity contribution in [2.45, 2.75) is 20.8 Å². The molecule has 0 saturated carbocycles. The Hall–Kier alpha value is -0.146. The zero-order valence-electron chi connectivity index (χ0n) is 7.47. The Morgan fingerprint density at radius 1 is 1.33 bits per heavy atom. The number of aromatic nitrogens is 3. The normalized spacial score (nSPS) is 10.2. The molecule has 0 aromatic carbocycles. The molecule has 58 valence electrons. The van der Waals surface area contributed by atoms with Gasteiger partial charge in [0, 0.05) is 5.65 Å². The zero-order valence-corrected chi connectivity index (χ0v) is 10.3. The Kier molecular flexibility index (Phi) is 2.74. The van der Waals surface area contributed by atoms with Crippen LogP contribution in [0.15, 0.2) is 0 Å². The van der Waals surface area contributed by atoms with Crippen LogP contribution in [0.5, 0.6) is 0 Å². The van der Waals surface area contributed by atoms with E-state index in [-0.39, 0.29) is 32.7 Å². The van der Waals surface area contributed by atoms with Gasteiger partial charge in [0.05, 0.1) is 0 Å². The van der Waals surface area contributed by atoms with Gasteiger partial charge < -0.3 is 9.61 Å². The number of H-pyrrole nitrogens is 1. The SMILES string of the molecule is Cc1nc2c(C)c(C)[c-]n2[nH]1.[Y+3]. The van der Waals surface area contributed by atoms with Gasteiger partial charge in [0.25, 0.3) is 0 Å². The number of fused-ring (bicyclic) bond motifs is 1. The molecule has 0 atom stereocenters. The third-order valence-corrected chi connectivity index (χ3v) is 1.94. The molecule has 2 aromatic rings. The van der Waals surface area contributed by atoms with Crippen LogP contribution in [-0.2, 0) is 32.7 Å². The van der Waals surface area contributed by atoms with Gasteiger partial charge in [0.15, 0.2) is 0 Å².